The van der Waals surface area contributed by atoms with Crippen molar-refractivity contribution in [2.45, 2.75) is 19.4 Å². The van der Waals surface area contributed by atoms with E-state index in [9.17, 15) is 9.59 Å². The smallest absolute Gasteiger partial charge is 0.353 e. The van der Waals surface area contributed by atoms with Crippen molar-refractivity contribution >= 4 is 75.6 Å². The molecule has 194 valence electrons. The third-order valence-corrected chi connectivity index (χ3v) is 7.96. The minimum absolute atomic E-state index is 0.204. The summed E-state index contributed by atoms with van der Waals surface area (Å²) in [5.74, 6) is -0.276. The molecular formula is C28H22Cl3N3O3S. The van der Waals surface area contributed by atoms with E-state index < -0.39 is 12.0 Å². The van der Waals surface area contributed by atoms with Crippen molar-refractivity contribution in [3.63, 3.8) is 0 Å². The van der Waals surface area contributed by atoms with Crippen LogP contribution in [0.15, 0.2) is 81.9 Å². The maximum atomic E-state index is 13.5. The first-order valence-electron chi connectivity index (χ1n) is 11.8. The lowest BCUT2D eigenvalue weighted by molar-refractivity contribution is -0.121. The molecular weight excluding hydrogens is 565 g/mol. The number of carbonyl (C=O) groups is 2. The van der Waals surface area contributed by atoms with Crippen LogP contribution in [0.1, 0.15) is 28.6 Å². The Bertz CT molecular complexity index is 1480. The predicted molar refractivity (Wildman–Crippen MR) is 155 cm³/mol. The van der Waals surface area contributed by atoms with Crippen LogP contribution in [0.2, 0.25) is 15.1 Å². The number of amides is 1. The number of aliphatic imine (C=N–C) groups is 1. The number of esters is 1. The standard InChI is InChI=1S/C28H22Cl3N3O3S/c1-16-25(17-4-6-19(29)7-5-17)34(22-9-8-20(30)13-21(22)31)26(16)27(35)33-14-18-10-11-32-15-23(18)37-28(36)24-3-2-12-38-24/h2-9,12-13,15,26H,10-11,14H2,1H3,(H,33,35). The molecule has 1 N–H and O–H groups in total. The Morgan fingerprint density at radius 3 is 2.58 bits per heavy atom. The number of halogens is 3. The summed E-state index contributed by atoms with van der Waals surface area (Å²) in [6.07, 6.45) is 2.12. The molecule has 2 aliphatic heterocycles. The highest BCUT2D eigenvalue weighted by molar-refractivity contribution is 7.12. The van der Waals surface area contributed by atoms with Gasteiger partial charge in [0.2, 0.25) is 5.91 Å². The molecule has 0 aliphatic carbocycles. The number of nitrogens with one attached hydrogen (secondary N) is 1. The molecule has 0 bridgehead atoms. The molecule has 3 aromatic rings. The Morgan fingerprint density at radius 2 is 1.87 bits per heavy atom. The molecule has 5 rings (SSSR count). The summed E-state index contributed by atoms with van der Waals surface area (Å²) in [4.78, 5) is 32.7. The molecule has 0 fully saturated rings. The zero-order chi connectivity index (χ0) is 26.8. The van der Waals surface area contributed by atoms with Crippen molar-refractivity contribution in [3.8, 4) is 0 Å². The molecule has 0 saturated carbocycles. The van der Waals surface area contributed by atoms with Crippen LogP contribution in [-0.4, -0.2) is 37.2 Å². The molecule has 1 amide bonds. The number of hydrogen-bond acceptors (Lipinski definition) is 6. The van der Waals surface area contributed by atoms with Gasteiger partial charge >= 0.3 is 5.97 Å². The Kier molecular flexibility index (Phi) is 7.91. The van der Waals surface area contributed by atoms with Gasteiger partial charge in [-0.15, -0.1) is 11.3 Å². The SMILES string of the molecule is CC1=C(c2ccc(Cl)cc2)N(c2ccc(Cl)cc2Cl)C1C(=O)NCC1=C(OC(=O)c2cccs2)C=NCC1. The zero-order valence-corrected chi connectivity index (χ0v) is 23.3. The topological polar surface area (TPSA) is 71.0 Å². The van der Waals surface area contributed by atoms with E-state index in [1.165, 1.54) is 11.3 Å². The van der Waals surface area contributed by atoms with Gasteiger partial charge in [0.15, 0.2) is 0 Å². The lowest BCUT2D eigenvalue weighted by atomic mass is 9.88. The van der Waals surface area contributed by atoms with Gasteiger partial charge in [-0.1, -0.05) is 53.0 Å². The highest BCUT2D eigenvalue weighted by atomic mass is 35.5. The van der Waals surface area contributed by atoms with Crippen LogP contribution in [0.4, 0.5) is 5.69 Å². The quantitative estimate of drug-likeness (QED) is 0.302. The highest BCUT2D eigenvalue weighted by Gasteiger charge is 2.42. The summed E-state index contributed by atoms with van der Waals surface area (Å²) in [5, 5.41) is 6.39. The predicted octanol–water partition coefficient (Wildman–Crippen LogP) is 7.03. The number of allylic oxidation sites excluding steroid dienone is 1. The van der Waals surface area contributed by atoms with Gasteiger partial charge in [0.1, 0.15) is 16.7 Å². The van der Waals surface area contributed by atoms with Crippen LogP contribution in [-0.2, 0) is 9.53 Å². The monoisotopic (exact) mass is 585 g/mol. The van der Waals surface area contributed by atoms with E-state index in [0.717, 1.165) is 22.4 Å². The van der Waals surface area contributed by atoms with Crippen LogP contribution < -0.4 is 10.2 Å². The van der Waals surface area contributed by atoms with Crippen molar-refractivity contribution in [3.05, 3.63) is 102 Å². The fraction of sp³-hybridized carbons (Fsp3) is 0.179. The number of carbonyl (C=O) groups excluding carboxylic acids is 2. The van der Waals surface area contributed by atoms with Gasteiger partial charge in [-0.25, -0.2) is 4.79 Å². The van der Waals surface area contributed by atoms with E-state index in [4.69, 9.17) is 39.5 Å². The van der Waals surface area contributed by atoms with Crippen molar-refractivity contribution in [1.29, 1.82) is 0 Å². The summed E-state index contributed by atoms with van der Waals surface area (Å²) < 4.78 is 5.59. The van der Waals surface area contributed by atoms with Gasteiger partial charge in [0, 0.05) is 23.1 Å². The summed E-state index contributed by atoms with van der Waals surface area (Å²) in [6.45, 7) is 2.70. The van der Waals surface area contributed by atoms with Crippen LogP contribution in [0.5, 0.6) is 0 Å². The Labute approximate surface area is 239 Å². The number of dihydropyridines is 1. The van der Waals surface area contributed by atoms with Gasteiger partial charge in [-0.2, -0.15) is 0 Å². The second kappa shape index (κ2) is 11.3. The molecule has 10 heteroatoms. The van der Waals surface area contributed by atoms with Crippen molar-refractivity contribution < 1.29 is 14.3 Å². The minimum Gasteiger partial charge on any atom is -0.421 e. The van der Waals surface area contributed by atoms with E-state index in [1.54, 1.807) is 36.5 Å². The van der Waals surface area contributed by atoms with E-state index in [2.05, 4.69) is 10.3 Å². The van der Waals surface area contributed by atoms with E-state index in [0.29, 0.717) is 44.4 Å². The number of nitrogens with zero attached hydrogens (tertiary/aromatic N) is 2. The first-order chi connectivity index (χ1) is 18.3. The molecule has 1 unspecified atom stereocenters. The Balaban J connectivity index is 1.40. The maximum Gasteiger partial charge on any atom is 0.353 e. The van der Waals surface area contributed by atoms with Gasteiger partial charge in [0.25, 0.3) is 0 Å². The number of hydrogen-bond donors (Lipinski definition) is 1. The van der Waals surface area contributed by atoms with Crippen LogP contribution >= 0.6 is 46.1 Å². The molecule has 1 aromatic heterocycles. The third kappa shape index (κ3) is 5.38. The van der Waals surface area contributed by atoms with Crippen molar-refractivity contribution in [1.82, 2.24) is 5.32 Å². The van der Waals surface area contributed by atoms with E-state index in [1.807, 2.05) is 41.5 Å². The van der Waals surface area contributed by atoms with Crippen LogP contribution in [0, 0.1) is 0 Å². The first kappa shape index (κ1) is 26.5. The van der Waals surface area contributed by atoms with Gasteiger partial charge in [-0.05, 0) is 71.8 Å². The molecule has 0 radical (unpaired) electrons. The maximum absolute atomic E-state index is 13.5. The average Bonchev–Trinajstić information content (AvgIpc) is 3.44. The first-order valence-corrected chi connectivity index (χ1v) is 13.8. The number of thiophene rings is 1. The number of ether oxygens (including phenoxy) is 1. The number of rotatable bonds is 7. The second-order valence-electron chi connectivity index (χ2n) is 8.74. The number of benzene rings is 2. The van der Waals surface area contributed by atoms with E-state index in [-0.39, 0.29) is 12.5 Å². The minimum atomic E-state index is -0.589. The molecule has 1 atom stereocenters. The molecule has 6 nitrogen and oxygen atoms in total. The molecule has 0 spiro atoms. The normalized spacial score (nSPS) is 16.9. The van der Waals surface area contributed by atoms with Gasteiger partial charge < -0.3 is 15.0 Å². The summed E-state index contributed by atoms with van der Waals surface area (Å²) in [7, 11) is 0. The van der Waals surface area contributed by atoms with Crippen LogP contribution in [0.25, 0.3) is 5.70 Å². The summed E-state index contributed by atoms with van der Waals surface area (Å²) in [6, 6.07) is 15.5. The molecule has 2 aliphatic rings. The average molecular weight is 587 g/mol. The Morgan fingerprint density at radius 1 is 1.11 bits per heavy atom. The largest absolute Gasteiger partial charge is 0.421 e. The molecule has 3 heterocycles. The van der Waals surface area contributed by atoms with Crippen molar-refractivity contribution in [2.24, 2.45) is 4.99 Å². The number of anilines is 1. The highest BCUT2D eigenvalue weighted by Crippen LogP contribution is 2.45. The molecule has 0 saturated heterocycles. The second-order valence-corrected chi connectivity index (χ2v) is 11.0. The zero-order valence-electron chi connectivity index (χ0n) is 20.2. The third-order valence-electron chi connectivity index (χ3n) is 6.32. The fourth-order valence-corrected chi connectivity index (χ4v) is 5.70. The van der Waals surface area contributed by atoms with Gasteiger partial charge in [-0.3, -0.25) is 9.79 Å². The summed E-state index contributed by atoms with van der Waals surface area (Å²) in [5.41, 5.74) is 4.14. The van der Waals surface area contributed by atoms with E-state index >= 15 is 0 Å². The lowest BCUT2D eigenvalue weighted by Gasteiger charge is -2.45. The molecule has 38 heavy (non-hydrogen) atoms. The van der Waals surface area contributed by atoms with Gasteiger partial charge in [0.05, 0.1) is 22.6 Å². The van der Waals surface area contributed by atoms with Crippen molar-refractivity contribution in [2.75, 3.05) is 18.0 Å². The molecule has 2 aromatic carbocycles. The summed E-state index contributed by atoms with van der Waals surface area (Å²) >= 11 is 20.1. The lowest BCUT2D eigenvalue weighted by Crippen LogP contribution is -2.54. The van der Waals surface area contributed by atoms with Crippen LogP contribution in [0.3, 0.4) is 0 Å². The fourth-order valence-electron chi connectivity index (χ4n) is 4.47. The Hall–Kier alpha value is -3.10.